The van der Waals surface area contributed by atoms with Crippen LogP contribution in [-0.4, -0.2) is 76.3 Å². The van der Waals surface area contributed by atoms with Gasteiger partial charge in [-0.25, -0.2) is 26.3 Å². The van der Waals surface area contributed by atoms with Crippen molar-refractivity contribution in [1.29, 1.82) is 0 Å². The molecule has 13 heteroatoms. The van der Waals surface area contributed by atoms with Crippen LogP contribution in [0.5, 0.6) is 5.75 Å². The van der Waals surface area contributed by atoms with Gasteiger partial charge in [-0.05, 0) is 61.4 Å². The number of ether oxygens (including phenoxy) is 3. The third-order valence-corrected chi connectivity index (χ3v) is 7.61. The number of carbonyl (C=O) groups excluding carboxylic acids is 2. The molecule has 256 valence electrons. The Morgan fingerprint density at radius 3 is 1.67 bits per heavy atom. The monoisotopic (exact) mass is 676 g/mol. The van der Waals surface area contributed by atoms with Crippen molar-refractivity contribution in [2.24, 2.45) is 0 Å². The van der Waals surface area contributed by atoms with Crippen molar-refractivity contribution in [3.63, 3.8) is 0 Å². The summed E-state index contributed by atoms with van der Waals surface area (Å²) in [6.07, 6.45) is 1.71. The van der Waals surface area contributed by atoms with Crippen molar-refractivity contribution in [3.05, 3.63) is 111 Å². The standard InChI is InChI=1S/C35H34F6N2O5/c1-46-10-7-43(8-11-47-2)9-12-48-27-5-3-21(4-6-27)35(45)42-26-15-24(13-22-17-30(38)32(40)19-28(22)36)34(44)25(16-26)14-23-18-31(39)33(41)20-29(23)37/h3-6,13-14,17-20,26H,7-12,15-16H2,1-2H3,(H,42,45)/b24-13+,25-14+. The first kappa shape index (κ1) is 36.4. The van der Waals surface area contributed by atoms with Gasteiger partial charge in [0, 0.05) is 79.9 Å². The van der Waals surface area contributed by atoms with Crippen molar-refractivity contribution < 1.29 is 50.1 Å². The number of carbonyl (C=O) groups is 2. The zero-order valence-electron chi connectivity index (χ0n) is 26.3. The number of hydrogen-bond donors (Lipinski definition) is 1. The maximum absolute atomic E-state index is 14.5. The summed E-state index contributed by atoms with van der Waals surface area (Å²) in [4.78, 5) is 28.7. The quantitative estimate of drug-likeness (QED) is 0.126. The lowest BCUT2D eigenvalue weighted by Crippen LogP contribution is -2.39. The molecule has 0 radical (unpaired) electrons. The van der Waals surface area contributed by atoms with Crippen LogP contribution in [0.4, 0.5) is 26.3 Å². The fourth-order valence-electron chi connectivity index (χ4n) is 5.06. The molecule has 0 aromatic heterocycles. The number of rotatable bonds is 14. The molecule has 48 heavy (non-hydrogen) atoms. The molecule has 0 saturated heterocycles. The Bertz CT molecular complexity index is 1590. The van der Waals surface area contributed by atoms with E-state index in [1.54, 1.807) is 26.4 Å². The molecule has 7 nitrogen and oxygen atoms in total. The molecule has 1 amide bonds. The molecule has 3 aromatic carbocycles. The van der Waals surface area contributed by atoms with E-state index >= 15 is 0 Å². The normalized spacial score (nSPS) is 16.6. The van der Waals surface area contributed by atoms with Gasteiger partial charge in [-0.1, -0.05) is 0 Å². The van der Waals surface area contributed by atoms with Crippen LogP contribution < -0.4 is 10.1 Å². The van der Waals surface area contributed by atoms with Crippen molar-refractivity contribution in [2.75, 3.05) is 53.7 Å². The molecule has 0 atom stereocenters. The number of ketones is 1. The molecule has 0 unspecified atom stereocenters. The molecule has 1 aliphatic carbocycles. The largest absolute Gasteiger partial charge is 0.492 e. The van der Waals surface area contributed by atoms with Crippen LogP contribution >= 0.6 is 0 Å². The number of halogens is 6. The summed E-state index contributed by atoms with van der Waals surface area (Å²) in [7, 11) is 3.24. The predicted octanol–water partition coefficient (Wildman–Crippen LogP) is 6.12. The molecular weight excluding hydrogens is 642 g/mol. The minimum atomic E-state index is -1.42. The highest BCUT2D eigenvalue weighted by molar-refractivity contribution is 6.14. The number of hydrogen-bond acceptors (Lipinski definition) is 6. The Hall–Kier alpha value is -4.46. The van der Waals surface area contributed by atoms with E-state index in [9.17, 15) is 35.9 Å². The van der Waals surface area contributed by atoms with Crippen molar-refractivity contribution in [2.45, 2.75) is 18.9 Å². The first-order valence-corrected chi connectivity index (χ1v) is 15.0. The van der Waals surface area contributed by atoms with Gasteiger partial charge in [0.2, 0.25) is 0 Å². The Balaban J connectivity index is 1.51. The lowest BCUT2D eigenvalue weighted by atomic mass is 9.83. The summed E-state index contributed by atoms with van der Waals surface area (Å²) < 4.78 is 99.9. The lowest BCUT2D eigenvalue weighted by molar-refractivity contribution is -0.113. The van der Waals surface area contributed by atoms with Crippen LogP contribution in [0.15, 0.2) is 59.7 Å². The van der Waals surface area contributed by atoms with Crippen LogP contribution in [0.25, 0.3) is 12.2 Å². The topological polar surface area (TPSA) is 77.1 Å². The van der Waals surface area contributed by atoms with E-state index in [0.29, 0.717) is 69.5 Å². The Morgan fingerprint density at radius 1 is 0.729 bits per heavy atom. The van der Waals surface area contributed by atoms with Crippen LogP contribution in [0.2, 0.25) is 0 Å². The van der Waals surface area contributed by atoms with Crippen LogP contribution in [0, 0.1) is 34.9 Å². The van der Waals surface area contributed by atoms with Gasteiger partial charge in [-0.2, -0.15) is 0 Å². The smallest absolute Gasteiger partial charge is 0.251 e. The highest BCUT2D eigenvalue weighted by Gasteiger charge is 2.30. The lowest BCUT2D eigenvalue weighted by Gasteiger charge is -2.27. The number of nitrogens with one attached hydrogen (secondary N) is 1. The van der Waals surface area contributed by atoms with Gasteiger partial charge in [0.25, 0.3) is 5.91 Å². The van der Waals surface area contributed by atoms with E-state index in [1.807, 2.05) is 0 Å². The van der Waals surface area contributed by atoms with E-state index in [1.165, 1.54) is 12.1 Å². The first-order valence-electron chi connectivity index (χ1n) is 15.0. The third kappa shape index (κ3) is 9.78. The van der Waals surface area contributed by atoms with Crippen molar-refractivity contribution in [3.8, 4) is 5.75 Å². The zero-order valence-corrected chi connectivity index (χ0v) is 26.3. The highest BCUT2D eigenvalue weighted by Crippen LogP contribution is 2.31. The van der Waals surface area contributed by atoms with E-state index < -0.39 is 63.8 Å². The summed E-state index contributed by atoms with van der Waals surface area (Å²) in [6, 6.07) is 7.29. The molecule has 4 rings (SSSR count). The number of nitrogens with zero attached hydrogens (tertiary/aromatic N) is 1. The summed E-state index contributed by atoms with van der Waals surface area (Å²) in [5.41, 5.74) is -0.841. The number of amides is 1. The van der Waals surface area contributed by atoms with E-state index in [2.05, 4.69) is 10.2 Å². The summed E-state index contributed by atoms with van der Waals surface area (Å²) >= 11 is 0. The Labute approximate surface area is 273 Å². The molecule has 0 aliphatic heterocycles. The van der Waals surface area contributed by atoms with Crippen molar-refractivity contribution >= 4 is 23.8 Å². The maximum Gasteiger partial charge on any atom is 0.251 e. The number of methoxy groups -OCH3 is 2. The molecule has 3 aromatic rings. The van der Waals surface area contributed by atoms with Gasteiger partial charge in [-0.3, -0.25) is 14.5 Å². The van der Waals surface area contributed by atoms with E-state index in [-0.39, 0.29) is 29.6 Å². The SMILES string of the molecule is COCCN(CCOC)CCOc1ccc(C(=O)NC2C/C(=C\c3cc(F)c(F)cc3F)C(=O)/C(=C/c3cc(F)c(F)cc3F)C2)cc1. The third-order valence-electron chi connectivity index (χ3n) is 7.61. The molecule has 0 bridgehead atoms. The minimum Gasteiger partial charge on any atom is -0.492 e. The van der Waals surface area contributed by atoms with Gasteiger partial charge in [0.1, 0.15) is 24.0 Å². The molecular formula is C35H34F6N2O5. The average molecular weight is 677 g/mol. The molecule has 1 aliphatic rings. The van der Waals surface area contributed by atoms with Crippen LogP contribution in [0.3, 0.4) is 0 Å². The fourth-order valence-corrected chi connectivity index (χ4v) is 5.06. The predicted molar refractivity (Wildman–Crippen MR) is 166 cm³/mol. The minimum absolute atomic E-state index is 0.112. The second kappa shape index (κ2) is 17.1. The van der Waals surface area contributed by atoms with E-state index in [0.717, 1.165) is 12.2 Å². The molecule has 0 heterocycles. The fraction of sp³-hybridized carbons (Fsp3) is 0.314. The molecule has 0 spiro atoms. The van der Waals surface area contributed by atoms with Gasteiger partial charge < -0.3 is 19.5 Å². The number of Topliss-reactive ketones (excluding diaryl/α,β-unsaturated/α-hetero) is 1. The maximum atomic E-state index is 14.5. The summed E-state index contributed by atoms with van der Waals surface area (Å²) in [5, 5.41) is 2.77. The Morgan fingerprint density at radius 2 is 1.19 bits per heavy atom. The van der Waals surface area contributed by atoms with Crippen LogP contribution in [0.1, 0.15) is 34.3 Å². The second-order valence-corrected chi connectivity index (χ2v) is 11.0. The highest BCUT2D eigenvalue weighted by atomic mass is 19.2. The number of benzene rings is 3. The molecule has 1 fully saturated rings. The van der Waals surface area contributed by atoms with Gasteiger partial charge in [0.05, 0.1) is 13.2 Å². The van der Waals surface area contributed by atoms with Gasteiger partial charge in [0.15, 0.2) is 29.1 Å². The molecule has 1 N–H and O–H groups in total. The zero-order chi connectivity index (χ0) is 34.8. The average Bonchev–Trinajstić information content (AvgIpc) is 3.05. The summed E-state index contributed by atoms with van der Waals surface area (Å²) in [6.45, 7) is 3.50. The Kier molecular flexibility index (Phi) is 13.0. The first-order chi connectivity index (χ1) is 23.0. The summed E-state index contributed by atoms with van der Waals surface area (Å²) in [5.74, 6) is -8.57. The van der Waals surface area contributed by atoms with Gasteiger partial charge >= 0.3 is 0 Å². The van der Waals surface area contributed by atoms with E-state index in [4.69, 9.17) is 14.2 Å². The molecule has 1 saturated carbocycles. The van der Waals surface area contributed by atoms with Crippen molar-refractivity contribution in [1.82, 2.24) is 10.2 Å². The van der Waals surface area contributed by atoms with Crippen LogP contribution in [-0.2, 0) is 14.3 Å². The second-order valence-electron chi connectivity index (χ2n) is 11.0. The van der Waals surface area contributed by atoms with Gasteiger partial charge in [-0.15, -0.1) is 0 Å².